The predicted octanol–water partition coefficient (Wildman–Crippen LogP) is 6.21. The number of carbonyl (C=O) groups excluding carboxylic acids is 1. The number of rotatable bonds is 4. The van der Waals surface area contributed by atoms with Crippen LogP contribution in [-0.4, -0.2) is 33.4 Å². The molecule has 176 valence electrons. The monoisotopic (exact) mass is 495 g/mol. The topological polar surface area (TPSA) is 89.0 Å². The van der Waals surface area contributed by atoms with Crippen molar-refractivity contribution in [3.63, 3.8) is 0 Å². The van der Waals surface area contributed by atoms with Crippen molar-refractivity contribution >= 4 is 55.5 Å². The van der Waals surface area contributed by atoms with Gasteiger partial charge in [0, 0.05) is 45.9 Å². The average molecular weight is 496 g/mol. The maximum absolute atomic E-state index is 12.6. The predicted molar refractivity (Wildman–Crippen MR) is 137 cm³/mol. The fraction of sp³-hybridized carbons (Fsp3) is 0.360. The number of fused-ring (bicyclic) bond motifs is 5. The van der Waals surface area contributed by atoms with E-state index in [2.05, 4.69) is 41.4 Å². The number of nitrogens with zero attached hydrogens (tertiary/aromatic N) is 3. The number of halogens is 1. The minimum absolute atomic E-state index is 0.0438. The standard InChI is InChI=1S/C25H26ClN5O2S/c1-13-12-27-21-20-15-5-8-18(30-16(15)6-7-17(20)34-22(21)23(32)28-13)33-19-11-14(29-24(26)31-19)9-10-25(2,3)4/h5-8,11,13,27H,9-10,12H2,1-4H3,(H,28,32)/t13-/m1/s1. The van der Waals surface area contributed by atoms with Crippen molar-refractivity contribution in [3.8, 4) is 11.8 Å². The number of benzene rings is 1. The van der Waals surface area contributed by atoms with Crippen LogP contribution in [0, 0.1) is 5.41 Å². The first kappa shape index (κ1) is 22.8. The molecule has 0 unspecified atom stereocenters. The summed E-state index contributed by atoms with van der Waals surface area (Å²) in [6, 6.07) is 9.61. The minimum atomic E-state index is -0.0438. The van der Waals surface area contributed by atoms with E-state index in [1.54, 1.807) is 0 Å². The number of aromatic nitrogens is 3. The van der Waals surface area contributed by atoms with Crippen LogP contribution in [0.4, 0.5) is 5.69 Å². The Bertz CT molecular complexity index is 1410. The number of hydrogen-bond donors (Lipinski definition) is 2. The van der Waals surface area contributed by atoms with Crippen molar-refractivity contribution in [1.82, 2.24) is 20.3 Å². The molecule has 0 fully saturated rings. The molecule has 5 rings (SSSR count). The Kier molecular flexibility index (Phi) is 5.81. The lowest BCUT2D eigenvalue weighted by molar-refractivity contribution is 0.0949. The molecule has 7 nitrogen and oxygen atoms in total. The van der Waals surface area contributed by atoms with Gasteiger partial charge in [-0.2, -0.15) is 4.98 Å². The number of carbonyl (C=O) groups is 1. The van der Waals surface area contributed by atoms with Crippen LogP contribution in [-0.2, 0) is 6.42 Å². The average Bonchev–Trinajstić information content (AvgIpc) is 3.08. The second-order valence-electron chi connectivity index (χ2n) is 9.85. The second kappa shape index (κ2) is 8.67. The van der Waals surface area contributed by atoms with Gasteiger partial charge in [-0.25, -0.2) is 9.97 Å². The van der Waals surface area contributed by atoms with Crippen LogP contribution in [0.25, 0.3) is 21.0 Å². The minimum Gasteiger partial charge on any atom is -0.421 e. The third-order valence-corrected chi connectivity index (χ3v) is 7.06. The number of nitrogens with one attached hydrogen (secondary N) is 2. The summed E-state index contributed by atoms with van der Waals surface area (Å²) in [7, 11) is 0. The van der Waals surface area contributed by atoms with Crippen molar-refractivity contribution in [2.75, 3.05) is 11.9 Å². The van der Waals surface area contributed by atoms with Gasteiger partial charge in [-0.1, -0.05) is 20.8 Å². The van der Waals surface area contributed by atoms with Gasteiger partial charge in [0.15, 0.2) is 0 Å². The van der Waals surface area contributed by atoms with E-state index in [1.165, 1.54) is 11.3 Å². The molecule has 1 aromatic carbocycles. The summed E-state index contributed by atoms with van der Waals surface area (Å²) in [5.74, 6) is 0.746. The third kappa shape index (κ3) is 4.65. The van der Waals surface area contributed by atoms with E-state index < -0.39 is 0 Å². The highest BCUT2D eigenvalue weighted by molar-refractivity contribution is 7.21. The van der Waals surface area contributed by atoms with Gasteiger partial charge < -0.3 is 15.4 Å². The van der Waals surface area contributed by atoms with Gasteiger partial charge in [0.1, 0.15) is 4.88 Å². The van der Waals surface area contributed by atoms with E-state index >= 15 is 0 Å². The number of ether oxygens (including phenoxy) is 1. The van der Waals surface area contributed by atoms with Crippen LogP contribution in [0.5, 0.6) is 11.8 Å². The zero-order valence-corrected chi connectivity index (χ0v) is 21.1. The number of hydrogen-bond acceptors (Lipinski definition) is 7. The zero-order valence-electron chi connectivity index (χ0n) is 19.5. The first-order valence-corrected chi connectivity index (χ1v) is 12.5. The highest BCUT2D eigenvalue weighted by atomic mass is 35.5. The van der Waals surface area contributed by atoms with E-state index in [9.17, 15) is 4.79 Å². The molecular weight excluding hydrogens is 470 g/mol. The lowest BCUT2D eigenvalue weighted by Crippen LogP contribution is -2.34. The Balaban J connectivity index is 1.48. The van der Waals surface area contributed by atoms with Crippen LogP contribution >= 0.6 is 22.9 Å². The normalized spacial score (nSPS) is 16.1. The van der Waals surface area contributed by atoms with Gasteiger partial charge in [-0.15, -0.1) is 11.3 Å². The zero-order chi connectivity index (χ0) is 24.0. The second-order valence-corrected chi connectivity index (χ2v) is 11.2. The van der Waals surface area contributed by atoms with Crippen molar-refractivity contribution in [2.45, 2.75) is 46.6 Å². The number of amides is 1. The molecule has 4 heterocycles. The summed E-state index contributed by atoms with van der Waals surface area (Å²) < 4.78 is 7.01. The molecule has 9 heteroatoms. The smallest absolute Gasteiger partial charge is 0.263 e. The molecule has 1 atom stereocenters. The van der Waals surface area contributed by atoms with Gasteiger partial charge in [-0.05, 0) is 55.0 Å². The largest absolute Gasteiger partial charge is 0.421 e. The van der Waals surface area contributed by atoms with Gasteiger partial charge in [0.05, 0.1) is 11.2 Å². The molecule has 1 amide bonds. The molecule has 0 aliphatic carbocycles. The van der Waals surface area contributed by atoms with E-state index in [1.807, 2.05) is 37.3 Å². The Hall–Kier alpha value is -2.97. The summed E-state index contributed by atoms with van der Waals surface area (Å²) in [5.41, 5.74) is 2.68. The van der Waals surface area contributed by atoms with E-state index in [0.29, 0.717) is 23.2 Å². The molecule has 0 saturated heterocycles. The number of thiophene rings is 1. The van der Waals surface area contributed by atoms with Crippen LogP contribution in [0.2, 0.25) is 5.28 Å². The van der Waals surface area contributed by atoms with Gasteiger partial charge >= 0.3 is 0 Å². The molecule has 4 aromatic rings. The van der Waals surface area contributed by atoms with Crippen molar-refractivity contribution in [2.24, 2.45) is 5.41 Å². The molecule has 0 spiro atoms. The molecule has 34 heavy (non-hydrogen) atoms. The van der Waals surface area contributed by atoms with Crippen LogP contribution in [0.1, 0.15) is 49.5 Å². The number of anilines is 1. The van der Waals surface area contributed by atoms with Crippen molar-refractivity contribution < 1.29 is 9.53 Å². The summed E-state index contributed by atoms with van der Waals surface area (Å²) in [5, 5.41) is 8.59. The maximum atomic E-state index is 12.6. The molecule has 0 saturated carbocycles. The van der Waals surface area contributed by atoms with Crippen molar-refractivity contribution in [3.05, 3.63) is 46.2 Å². The quantitative estimate of drug-likeness (QED) is 0.327. The molecular formula is C25H26ClN5O2S. The summed E-state index contributed by atoms with van der Waals surface area (Å²) in [4.78, 5) is 26.6. The molecule has 0 radical (unpaired) electrons. The summed E-state index contributed by atoms with van der Waals surface area (Å²) >= 11 is 7.64. The Morgan fingerprint density at radius 1 is 1.15 bits per heavy atom. The SMILES string of the molecule is C[C@@H]1CNc2c(sc3ccc4nc(Oc5cc(CCC(C)(C)C)nc(Cl)n5)ccc4c23)C(=O)N1. The van der Waals surface area contributed by atoms with Gasteiger partial charge in [-0.3, -0.25) is 4.79 Å². The Morgan fingerprint density at radius 3 is 2.76 bits per heavy atom. The molecule has 0 bridgehead atoms. The lowest BCUT2D eigenvalue weighted by Gasteiger charge is -2.17. The molecule has 2 N–H and O–H groups in total. The third-order valence-electron chi connectivity index (χ3n) is 5.73. The van der Waals surface area contributed by atoms with Gasteiger partial charge in [0.2, 0.25) is 17.0 Å². The lowest BCUT2D eigenvalue weighted by atomic mass is 9.90. The highest BCUT2D eigenvalue weighted by Crippen LogP contribution is 2.41. The molecule has 1 aliphatic rings. The van der Waals surface area contributed by atoms with Gasteiger partial charge in [0.25, 0.3) is 5.91 Å². The number of pyridine rings is 1. The Labute approximate surface area is 206 Å². The van der Waals surface area contributed by atoms with E-state index in [-0.39, 0.29) is 22.6 Å². The summed E-state index contributed by atoms with van der Waals surface area (Å²) in [6.45, 7) is 9.23. The summed E-state index contributed by atoms with van der Waals surface area (Å²) in [6.07, 6.45) is 1.76. The van der Waals surface area contributed by atoms with Crippen LogP contribution < -0.4 is 15.4 Å². The Morgan fingerprint density at radius 2 is 1.97 bits per heavy atom. The molecule has 3 aromatic heterocycles. The first-order chi connectivity index (χ1) is 16.2. The fourth-order valence-electron chi connectivity index (χ4n) is 4.00. The first-order valence-electron chi connectivity index (χ1n) is 11.3. The van der Waals surface area contributed by atoms with Crippen LogP contribution in [0.15, 0.2) is 30.3 Å². The highest BCUT2D eigenvalue weighted by Gasteiger charge is 2.25. The van der Waals surface area contributed by atoms with E-state index in [4.69, 9.17) is 21.3 Å². The molecule has 1 aliphatic heterocycles. The van der Waals surface area contributed by atoms with E-state index in [0.717, 1.165) is 45.2 Å². The fourth-order valence-corrected chi connectivity index (χ4v) is 5.29. The maximum Gasteiger partial charge on any atom is 0.263 e. The van der Waals surface area contributed by atoms with Crippen LogP contribution in [0.3, 0.4) is 0 Å². The van der Waals surface area contributed by atoms with Crippen molar-refractivity contribution in [1.29, 1.82) is 0 Å². The number of aryl methyl sites for hydroxylation is 1.